The SMILES string of the molecule is CS/C(N)=C(\C#N)[C@@H](c1ccccc1Cl)[C@@H](C#N)C(=O)Nc1ccccc1. The highest BCUT2D eigenvalue weighted by molar-refractivity contribution is 8.02. The summed E-state index contributed by atoms with van der Waals surface area (Å²) >= 11 is 7.49. The van der Waals surface area contributed by atoms with E-state index in [9.17, 15) is 15.3 Å². The first-order chi connectivity index (χ1) is 13.0. The van der Waals surface area contributed by atoms with Gasteiger partial charge in [0.25, 0.3) is 0 Å². The number of nitrogens with two attached hydrogens (primary N) is 1. The number of nitrogens with zero attached hydrogens (tertiary/aromatic N) is 2. The van der Waals surface area contributed by atoms with E-state index in [1.165, 1.54) is 11.8 Å². The second kappa shape index (κ2) is 9.68. The number of hydrogen-bond acceptors (Lipinski definition) is 5. The number of carbonyl (C=O) groups excluding carboxylic acids is 1. The first-order valence-corrected chi connectivity index (χ1v) is 9.57. The Morgan fingerprint density at radius 1 is 1.15 bits per heavy atom. The Hall–Kier alpha value is -2.93. The minimum atomic E-state index is -1.19. The molecule has 0 aliphatic heterocycles. The molecule has 0 radical (unpaired) electrons. The van der Waals surface area contributed by atoms with Crippen molar-refractivity contribution in [3.8, 4) is 12.1 Å². The van der Waals surface area contributed by atoms with E-state index in [4.69, 9.17) is 17.3 Å². The topological polar surface area (TPSA) is 103 Å². The van der Waals surface area contributed by atoms with Crippen LogP contribution in [0.4, 0.5) is 5.69 Å². The third-order valence-corrected chi connectivity index (χ3v) is 4.96. The van der Waals surface area contributed by atoms with Crippen molar-refractivity contribution in [3.63, 3.8) is 0 Å². The number of hydrogen-bond donors (Lipinski definition) is 2. The summed E-state index contributed by atoms with van der Waals surface area (Å²) < 4.78 is 0. The molecule has 27 heavy (non-hydrogen) atoms. The molecule has 0 bridgehead atoms. The van der Waals surface area contributed by atoms with E-state index in [1.807, 2.05) is 12.1 Å². The molecule has 0 saturated carbocycles. The zero-order valence-corrected chi connectivity index (χ0v) is 16.1. The lowest BCUT2D eigenvalue weighted by molar-refractivity contribution is -0.118. The van der Waals surface area contributed by atoms with Crippen LogP contribution in [0.1, 0.15) is 11.5 Å². The molecule has 2 atom stereocenters. The average Bonchev–Trinajstić information content (AvgIpc) is 2.69. The summed E-state index contributed by atoms with van der Waals surface area (Å²) in [5.41, 5.74) is 7.20. The van der Waals surface area contributed by atoms with Gasteiger partial charge in [-0.1, -0.05) is 48.0 Å². The maximum absolute atomic E-state index is 12.8. The molecular formula is C20H17ClN4OS. The number of benzene rings is 2. The fourth-order valence-corrected chi connectivity index (χ4v) is 3.29. The molecule has 0 aromatic heterocycles. The molecule has 2 rings (SSSR count). The van der Waals surface area contributed by atoms with Crippen molar-refractivity contribution < 1.29 is 4.79 Å². The minimum absolute atomic E-state index is 0.144. The van der Waals surface area contributed by atoms with Gasteiger partial charge in [-0.3, -0.25) is 4.79 Å². The number of rotatable bonds is 6. The normalized spacial score (nSPS) is 13.5. The first-order valence-electron chi connectivity index (χ1n) is 7.97. The molecule has 136 valence electrons. The molecule has 0 fully saturated rings. The number of thioether (sulfide) groups is 1. The van der Waals surface area contributed by atoms with E-state index in [1.54, 1.807) is 54.8 Å². The van der Waals surface area contributed by atoms with Crippen molar-refractivity contribution >= 4 is 35.0 Å². The van der Waals surface area contributed by atoms with Crippen molar-refractivity contribution in [2.24, 2.45) is 11.7 Å². The molecule has 0 unspecified atom stereocenters. The van der Waals surface area contributed by atoms with Crippen molar-refractivity contribution in [2.75, 3.05) is 11.6 Å². The number of para-hydroxylation sites is 1. The number of halogens is 1. The van der Waals surface area contributed by atoms with Gasteiger partial charge in [0, 0.05) is 16.6 Å². The van der Waals surface area contributed by atoms with Crippen molar-refractivity contribution in [3.05, 3.63) is 75.8 Å². The Bertz CT molecular complexity index is 931. The minimum Gasteiger partial charge on any atom is -0.393 e. The molecule has 0 spiro atoms. The number of anilines is 1. The summed E-state index contributed by atoms with van der Waals surface area (Å²) in [7, 11) is 0. The predicted molar refractivity (Wildman–Crippen MR) is 109 cm³/mol. The summed E-state index contributed by atoms with van der Waals surface area (Å²) in [6, 6.07) is 19.7. The Morgan fingerprint density at radius 2 is 1.78 bits per heavy atom. The highest BCUT2D eigenvalue weighted by atomic mass is 35.5. The lowest BCUT2D eigenvalue weighted by atomic mass is 9.81. The van der Waals surface area contributed by atoms with E-state index in [-0.39, 0.29) is 10.6 Å². The molecular weight excluding hydrogens is 380 g/mol. The Labute approximate surface area is 167 Å². The largest absolute Gasteiger partial charge is 0.393 e. The molecule has 0 heterocycles. The summed E-state index contributed by atoms with van der Waals surface area (Å²) in [6.45, 7) is 0. The number of carbonyl (C=O) groups is 1. The smallest absolute Gasteiger partial charge is 0.242 e. The lowest BCUT2D eigenvalue weighted by Crippen LogP contribution is -2.29. The lowest BCUT2D eigenvalue weighted by Gasteiger charge is -2.23. The number of nitriles is 2. The van der Waals surface area contributed by atoms with Gasteiger partial charge in [0.1, 0.15) is 5.92 Å². The van der Waals surface area contributed by atoms with E-state index in [2.05, 4.69) is 11.4 Å². The van der Waals surface area contributed by atoms with Crippen LogP contribution in [-0.4, -0.2) is 12.2 Å². The maximum Gasteiger partial charge on any atom is 0.242 e. The fourth-order valence-electron chi connectivity index (χ4n) is 2.64. The molecule has 1 amide bonds. The molecule has 7 heteroatoms. The molecule has 3 N–H and O–H groups in total. The van der Waals surface area contributed by atoms with Gasteiger partial charge in [-0.05, 0) is 30.0 Å². The molecule has 2 aromatic carbocycles. The predicted octanol–water partition coefficient (Wildman–Crippen LogP) is 4.26. The van der Waals surface area contributed by atoms with E-state index in [0.29, 0.717) is 16.3 Å². The molecule has 0 aliphatic rings. The van der Waals surface area contributed by atoms with Crippen molar-refractivity contribution in [1.29, 1.82) is 10.5 Å². The van der Waals surface area contributed by atoms with Gasteiger partial charge >= 0.3 is 0 Å². The zero-order valence-electron chi connectivity index (χ0n) is 14.5. The van der Waals surface area contributed by atoms with Crippen molar-refractivity contribution in [2.45, 2.75) is 5.92 Å². The standard InChI is InChI=1S/C20H17ClN4OS/c1-27-19(24)15(11-22)18(14-9-5-6-10-17(14)21)16(12-23)20(26)25-13-7-3-2-4-8-13/h2-10,16,18H,24H2,1H3,(H,25,26)/b19-15+/t16-,18-/m1/s1. The second-order valence-corrected chi connectivity index (χ2v) is 6.81. The molecule has 0 saturated heterocycles. The number of amides is 1. The van der Waals surface area contributed by atoms with Crippen LogP contribution in [0.2, 0.25) is 5.02 Å². The van der Waals surface area contributed by atoms with Crippen LogP contribution in [0.5, 0.6) is 0 Å². The molecule has 5 nitrogen and oxygen atoms in total. The van der Waals surface area contributed by atoms with Gasteiger partial charge in [0.2, 0.25) is 5.91 Å². The van der Waals surface area contributed by atoms with E-state index in [0.717, 1.165) is 0 Å². The van der Waals surface area contributed by atoms with Gasteiger partial charge in [-0.25, -0.2) is 0 Å². The third kappa shape index (κ3) is 4.83. The Kier molecular flexibility index (Phi) is 7.31. The van der Waals surface area contributed by atoms with Crippen LogP contribution in [0, 0.1) is 28.6 Å². The highest BCUT2D eigenvalue weighted by Crippen LogP contribution is 2.38. The van der Waals surface area contributed by atoms with Gasteiger partial charge in [0.05, 0.1) is 22.7 Å². The fraction of sp³-hybridized carbons (Fsp3) is 0.150. The summed E-state index contributed by atoms with van der Waals surface area (Å²) in [4.78, 5) is 12.8. The zero-order chi connectivity index (χ0) is 19.8. The monoisotopic (exact) mass is 396 g/mol. The third-order valence-electron chi connectivity index (χ3n) is 3.95. The molecule has 0 aliphatic carbocycles. The summed E-state index contributed by atoms with van der Waals surface area (Å²) in [5.74, 6) is -2.61. The van der Waals surface area contributed by atoms with Gasteiger partial charge in [0.15, 0.2) is 0 Å². The van der Waals surface area contributed by atoms with Crippen LogP contribution in [0.25, 0.3) is 0 Å². The van der Waals surface area contributed by atoms with Crippen molar-refractivity contribution in [1.82, 2.24) is 0 Å². The highest BCUT2D eigenvalue weighted by Gasteiger charge is 2.35. The summed E-state index contributed by atoms with van der Waals surface area (Å²) in [6.07, 6.45) is 1.72. The Morgan fingerprint density at radius 3 is 2.33 bits per heavy atom. The number of allylic oxidation sites excluding steroid dienone is 1. The van der Waals surface area contributed by atoms with Crippen LogP contribution >= 0.6 is 23.4 Å². The van der Waals surface area contributed by atoms with Crippen LogP contribution in [-0.2, 0) is 4.79 Å². The average molecular weight is 397 g/mol. The van der Waals surface area contributed by atoms with Gasteiger partial charge in [-0.15, -0.1) is 11.8 Å². The molecule has 2 aromatic rings. The van der Waals surface area contributed by atoms with E-state index < -0.39 is 17.7 Å². The van der Waals surface area contributed by atoms with Gasteiger partial charge in [-0.2, -0.15) is 10.5 Å². The second-order valence-electron chi connectivity index (χ2n) is 5.56. The quantitative estimate of drug-likeness (QED) is 0.710. The summed E-state index contributed by atoms with van der Waals surface area (Å²) in [5, 5.41) is 22.8. The Balaban J connectivity index is 2.54. The van der Waals surface area contributed by atoms with Crippen LogP contribution in [0.3, 0.4) is 0 Å². The van der Waals surface area contributed by atoms with Gasteiger partial charge < -0.3 is 11.1 Å². The van der Waals surface area contributed by atoms with E-state index >= 15 is 0 Å². The maximum atomic E-state index is 12.8. The first kappa shape index (κ1) is 20.4. The van der Waals surface area contributed by atoms with Crippen LogP contribution in [0.15, 0.2) is 65.2 Å². The van der Waals surface area contributed by atoms with Crippen LogP contribution < -0.4 is 11.1 Å². The number of nitrogens with one attached hydrogen (secondary N) is 1.